The van der Waals surface area contributed by atoms with Gasteiger partial charge in [-0.1, -0.05) is 41.9 Å². The van der Waals surface area contributed by atoms with E-state index in [9.17, 15) is 9.59 Å². The third-order valence-corrected chi connectivity index (χ3v) is 4.67. The van der Waals surface area contributed by atoms with Crippen LogP contribution >= 0.6 is 11.6 Å². The summed E-state index contributed by atoms with van der Waals surface area (Å²) in [6.45, 7) is 3.03. The molecule has 5 nitrogen and oxygen atoms in total. The van der Waals surface area contributed by atoms with Crippen LogP contribution in [0.25, 0.3) is 0 Å². The van der Waals surface area contributed by atoms with Gasteiger partial charge in [0.2, 0.25) is 5.91 Å². The SMILES string of the molecule is CN(C(=O)CN1CCOCC1)c1ccc(Cl)cc1C(=O)c1ccccc1. The minimum absolute atomic E-state index is 0.0728. The summed E-state index contributed by atoms with van der Waals surface area (Å²) in [5.74, 6) is -0.231. The molecule has 1 fully saturated rings. The lowest BCUT2D eigenvalue weighted by atomic mass is 10.0. The van der Waals surface area contributed by atoms with Crippen molar-refractivity contribution in [2.75, 3.05) is 44.8 Å². The quantitative estimate of drug-likeness (QED) is 0.757. The molecular formula is C20H21ClN2O3. The lowest BCUT2D eigenvalue weighted by Gasteiger charge is -2.28. The Hall–Kier alpha value is -2.21. The van der Waals surface area contributed by atoms with Crippen LogP contribution in [0.1, 0.15) is 15.9 Å². The molecule has 0 N–H and O–H groups in total. The molecule has 1 heterocycles. The maximum atomic E-state index is 12.9. The summed E-state index contributed by atoms with van der Waals surface area (Å²) in [6.07, 6.45) is 0. The van der Waals surface area contributed by atoms with Crippen molar-refractivity contribution in [1.29, 1.82) is 0 Å². The third kappa shape index (κ3) is 4.30. The van der Waals surface area contributed by atoms with Crippen molar-refractivity contribution in [2.45, 2.75) is 0 Å². The summed E-state index contributed by atoms with van der Waals surface area (Å²) < 4.78 is 5.31. The van der Waals surface area contributed by atoms with Crippen LogP contribution in [0.3, 0.4) is 0 Å². The summed E-state index contributed by atoms with van der Waals surface area (Å²) in [4.78, 5) is 29.2. The molecular weight excluding hydrogens is 352 g/mol. The van der Waals surface area contributed by atoms with Crippen molar-refractivity contribution in [3.63, 3.8) is 0 Å². The van der Waals surface area contributed by atoms with Gasteiger partial charge in [0.15, 0.2) is 5.78 Å². The second-order valence-corrected chi connectivity index (χ2v) is 6.63. The molecule has 1 aliphatic rings. The molecule has 1 amide bonds. The topological polar surface area (TPSA) is 49.9 Å². The van der Waals surface area contributed by atoms with Crippen LogP contribution in [0.5, 0.6) is 0 Å². The first-order chi connectivity index (χ1) is 12.6. The number of likely N-dealkylation sites (N-methyl/N-ethyl adjacent to an activating group) is 1. The van der Waals surface area contributed by atoms with E-state index in [1.165, 1.54) is 4.90 Å². The summed E-state index contributed by atoms with van der Waals surface area (Å²) in [5, 5.41) is 0.460. The molecule has 3 rings (SSSR count). The van der Waals surface area contributed by atoms with E-state index in [1.807, 2.05) is 18.2 Å². The monoisotopic (exact) mass is 372 g/mol. The van der Waals surface area contributed by atoms with Crippen molar-refractivity contribution in [1.82, 2.24) is 4.90 Å². The molecule has 0 radical (unpaired) electrons. The van der Waals surface area contributed by atoms with Crippen LogP contribution in [0.2, 0.25) is 5.02 Å². The van der Waals surface area contributed by atoms with Crippen LogP contribution in [0.4, 0.5) is 5.69 Å². The van der Waals surface area contributed by atoms with Crippen LogP contribution in [0, 0.1) is 0 Å². The van der Waals surface area contributed by atoms with Gasteiger partial charge in [0, 0.05) is 36.3 Å². The van der Waals surface area contributed by atoms with Gasteiger partial charge in [-0.3, -0.25) is 14.5 Å². The Morgan fingerprint density at radius 3 is 2.50 bits per heavy atom. The number of benzene rings is 2. The lowest BCUT2D eigenvalue weighted by Crippen LogP contribution is -2.44. The average molecular weight is 373 g/mol. The molecule has 0 unspecified atom stereocenters. The maximum absolute atomic E-state index is 12.9. The smallest absolute Gasteiger partial charge is 0.240 e. The van der Waals surface area contributed by atoms with Gasteiger partial charge >= 0.3 is 0 Å². The number of hydrogen-bond acceptors (Lipinski definition) is 4. The number of nitrogens with zero attached hydrogens (tertiary/aromatic N) is 2. The fourth-order valence-electron chi connectivity index (χ4n) is 2.92. The molecule has 6 heteroatoms. The van der Waals surface area contributed by atoms with Crippen LogP contribution in [-0.2, 0) is 9.53 Å². The molecule has 136 valence electrons. The van der Waals surface area contributed by atoms with Crippen molar-refractivity contribution < 1.29 is 14.3 Å². The number of carbonyl (C=O) groups excluding carboxylic acids is 2. The fourth-order valence-corrected chi connectivity index (χ4v) is 3.09. The van der Waals surface area contributed by atoms with Crippen LogP contribution in [0.15, 0.2) is 48.5 Å². The molecule has 0 atom stereocenters. The molecule has 0 saturated carbocycles. The van der Waals surface area contributed by atoms with E-state index in [1.54, 1.807) is 37.4 Å². The predicted molar refractivity (Wildman–Crippen MR) is 102 cm³/mol. The van der Waals surface area contributed by atoms with E-state index in [4.69, 9.17) is 16.3 Å². The molecule has 0 aliphatic carbocycles. The standard InChI is InChI=1S/C20H21ClN2O3/c1-22(19(24)14-23-9-11-26-12-10-23)18-8-7-16(21)13-17(18)20(25)15-5-3-2-4-6-15/h2-8,13H,9-12,14H2,1H3. The number of carbonyl (C=O) groups is 2. The summed E-state index contributed by atoms with van der Waals surface area (Å²) in [5.41, 5.74) is 1.54. The van der Waals surface area contributed by atoms with Crippen molar-refractivity contribution >= 4 is 29.0 Å². The second kappa shape index (κ2) is 8.45. The number of anilines is 1. The highest BCUT2D eigenvalue weighted by atomic mass is 35.5. The van der Waals surface area contributed by atoms with Gasteiger partial charge in [-0.2, -0.15) is 0 Å². The Balaban J connectivity index is 1.84. The van der Waals surface area contributed by atoms with Gasteiger partial charge in [-0.25, -0.2) is 0 Å². The lowest BCUT2D eigenvalue weighted by molar-refractivity contribution is -0.120. The number of morpholine rings is 1. The first kappa shape index (κ1) is 18.6. The van der Waals surface area contributed by atoms with E-state index in [0.29, 0.717) is 41.6 Å². The Morgan fingerprint density at radius 2 is 1.81 bits per heavy atom. The minimum atomic E-state index is -0.158. The minimum Gasteiger partial charge on any atom is -0.379 e. The zero-order chi connectivity index (χ0) is 18.5. The normalized spacial score (nSPS) is 14.8. The van der Waals surface area contributed by atoms with Gasteiger partial charge in [0.1, 0.15) is 0 Å². The van der Waals surface area contributed by atoms with E-state index >= 15 is 0 Å². The largest absolute Gasteiger partial charge is 0.379 e. The van der Waals surface area contributed by atoms with E-state index in [2.05, 4.69) is 4.90 Å². The second-order valence-electron chi connectivity index (χ2n) is 6.20. The van der Waals surface area contributed by atoms with Crippen LogP contribution in [-0.4, -0.2) is 56.5 Å². The summed E-state index contributed by atoms with van der Waals surface area (Å²) in [7, 11) is 1.69. The molecule has 2 aromatic rings. The Bertz CT molecular complexity index is 789. The van der Waals surface area contributed by atoms with E-state index < -0.39 is 0 Å². The third-order valence-electron chi connectivity index (χ3n) is 4.44. The molecule has 0 spiro atoms. The number of amides is 1. The zero-order valence-electron chi connectivity index (χ0n) is 14.7. The van der Waals surface area contributed by atoms with Gasteiger partial charge in [0.05, 0.1) is 25.4 Å². The Morgan fingerprint density at radius 1 is 1.12 bits per heavy atom. The molecule has 1 aliphatic heterocycles. The predicted octanol–water partition coefficient (Wildman–Crippen LogP) is 2.87. The molecule has 1 saturated heterocycles. The number of rotatable bonds is 5. The van der Waals surface area contributed by atoms with E-state index in [-0.39, 0.29) is 11.7 Å². The Labute approximate surface area is 158 Å². The van der Waals surface area contributed by atoms with E-state index in [0.717, 1.165) is 13.1 Å². The molecule has 0 aromatic heterocycles. The number of ketones is 1. The number of halogens is 1. The highest BCUT2D eigenvalue weighted by Crippen LogP contribution is 2.26. The maximum Gasteiger partial charge on any atom is 0.240 e. The van der Waals surface area contributed by atoms with Gasteiger partial charge in [-0.15, -0.1) is 0 Å². The van der Waals surface area contributed by atoms with Gasteiger partial charge < -0.3 is 9.64 Å². The molecule has 2 aromatic carbocycles. The highest BCUT2D eigenvalue weighted by molar-refractivity contribution is 6.31. The summed E-state index contributed by atoms with van der Waals surface area (Å²) in [6, 6.07) is 14.0. The Kier molecular flexibility index (Phi) is 6.04. The molecule has 0 bridgehead atoms. The van der Waals surface area contributed by atoms with Crippen molar-refractivity contribution in [3.8, 4) is 0 Å². The zero-order valence-corrected chi connectivity index (χ0v) is 15.4. The van der Waals surface area contributed by atoms with Crippen LogP contribution < -0.4 is 4.90 Å². The van der Waals surface area contributed by atoms with Crippen molar-refractivity contribution in [2.24, 2.45) is 0 Å². The van der Waals surface area contributed by atoms with Crippen molar-refractivity contribution in [3.05, 3.63) is 64.7 Å². The first-order valence-corrected chi connectivity index (χ1v) is 8.90. The van der Waals surface area contributed by atoms with Gasteiger partial charge in [0.25, 0.3) is 0 Å². The average Bonchev–Trinajstić information content (AvgIpc) is 2.68. The molecule has 26 heavy (non-hydrogen) atoms. The summed E-state index contributed by atoms with van der Waals surface area (Å²) >= 11 is 6.11. The fraction of sp³-hybridized carbons (Fsp3) is 0.300. The number of hydrogen-bond donors (Lipinski definition) is 0. The number of ether oxygens (including phenoxy) is 1. The highest BCUT2D eigenvalue weighted by Gasteiger charge is 2.22. The first-order valence-electron chi connectivity index (χ1n) is 8.52. The van der Waals surface area contributed by atoms with Gasteiger partial charge in [-0.05, 0) is 18.2 Å².